The number of piperidine rings is 1. The fraction of sp³-hybridized carbons (Fsp3) is 0.379. The molecule has 34 heavy (non-hydrogen) atoms. The van der Waals surface area contributed by atoms with Crippen LogP contribution in [0.2, 0.25) is 5.02 Å². The number of amides is 2. The Balaban J connectivity index is 1.37. The minimum Gasteiger partial charge on any atom is -0.352 e. The summed E-state index contributed by atoms with van der Waals surface area (Å²) in [7, 11) is 0. The molecule has 0 aromatic heterocycles. The molecule has 1 aliphatic carbocycles. The number of halogens is 1. The lowest BCUT2D eigenvalue weighted by Gasteiger charge is -2.44. The zero-order valence-electron chi connectivity index (χ0n) is 19.4. The van der Waals surface area contributed by atoms with Gasteiger partial charge in [0.1, 0.15) is 0 Å². The van der Waals surface area contributed by atoms with Crippen LogP contribution in [-0.2, 0) is 6.42 Å². The summed E-state index contributed by atoms with van der Waals surface area (Å²) in [6.45, 7) is 1.33. The molecule has 3 aromatic carbocycles. The van der Waals surface area contributed by atoms with Crippen molar-refractivity contribution in [3.8, 4) is 0 Å². The van der Waals surface area contributed by atoms with Crippen molar-refractivity contribution in [3.63, 3.8) is 0 Å². The molecule has 1 saturated carbocycles. The predicted octanol–water partition coefficient (Wildman–Crippen LogP) is 6.26. The molecule has 4 nitrogen and oxygen atoms in total. The van der Waals surface area contributed by atoms with Crippen LogP contribution in [0.15, 0.2) is 60.7 Å². The van der Waals surface area contributed by atoms with Crippen molar-refractivity contribution in [2.24, 2.45) is 5.92 Å². The third-order valence-electron chi connectivity index (χ3n) is 7.54. The maximum atomic E-state index is 13.7. The van der Waals surface area contributed by atoms with Crippen molar-refractivity contribution < 1.29 is 9.59 Å². The summed E-state index contributed by atoms with van der Waals surface area (Å²) in [5.74, 6) is 0.618. The molecule has 2 amide bonds. The molecule has 1 heterocycles. The third kappa shape index (κ3) is 4.56. The normalized spacial score (nSPS) is 20.1. The Hall–Kier alpha value is -2.85. The van der Waals surface area contributed by atoms with E-state index in [-0.39, 0.29) is 11.8 Å². The first-order chi connectivity index (χ1) is 16.6. The zero-order valence-corrected chi connectivity index (χ0v) is 20.2. The molecule has 0 bridgehead atoms. The molecule has 0 spiro atoms. The van der Waals surface area contributed by atoms with E-state index >= 15 is 0 Å². The van der Waals surface area contributed by atoms with Crippen LogP contribution in [0.4, 0.5) is 0 Å². The van der Waals surface area contributed by atoms with E-state index in [0.717, 1.165) is 35.7 Å². The summed E-state index contributed by atoms with van der Waals surface area (Å²) in [6.07, 6.45) is 7.82. The molecule has 2 atom stereocenters. The summed E-state index contributed by atoms with van der Waals surface area (Å²) in [6, 6.07) is 19.5. The van der Waals surface area contributed by atoms with Crippen LogP contribution in [-0.4, -0.2) is 35.8 Å². The Morgan fingerprint density at radius 1 is 0.853 bits per heavy atom. The van der Waals surface area contributed by atoms with Crippen LogP contribution in [0.5, 0.6) is 0 Å². The fourth-order valence-corrected chi connectivity index (χ4v) is 6.05. The number of hydrogen-bond donors (Lipinski definition) is 1. The standard InChI is InChI=1S/C29H31ClN2O2/c30-26-13-5-1-8-20(26)17-18-31-28(33)24-15-16-25(23-12-4-3-11-22(23)24)29(34)32-19-7-10-21-9-2-6-14-27(21)32/h1,3-5,8,11-13,15-16,21,27H,2,6-7,9-10,14,17-19H2,(H,31,33)/t21-,27-/m0/s1. The maximum absolute atomic E-state index is 13.7. The highest BCUT2D eigenvalue weighted by Gasteiger charge is 2.36. The number of nitrogens with zero attached hydrogens (tertiary/aromatic N) is 1. The van der Waals surface area contributed by atoms with Gasteiger partial charge >= 0.3 is 0 Å². The van der Waals surface area contributed by atoms with Crippen LogP contribution in [0.25, 0.3) is 10.8 Å². The summed E-state index contributed by atoms with van der Waals surface area (Å²) < 4.78 is 0. The third-order valence-corrected chi connectivity index (χ3v) is 7.91. The van der Waals surface area contributed by atoms with Gasteiger partial charge in [0.05, 0.1) is 0 Å². The van der Waals surface area contributed by atoms with E-state index in [4.69, 9.17) is 11.6 Å². The van der Waals surface area contributed by atoms with E-state index in [1.165, 1.54) is 25.7 Å². The van der Waals surface area contributed by atoms with Gasteiger partial charge in [-0.05, 0) is 72.6 Å². The van der Waals surface area contributed by atoms with Crippen molar-refractivity contribution in [2.45, 2.75) is 51.0 Å². The number of carbonyl (C=O) groups excluding carboxylic acids is 2. The van der Waals surface area contributed by atoms with Gasteiger partial charge in [0.2, 0.25) is 0 Å². The Bertz CT molecular complexity index is 1210. The van der Waals surface area contributed by atoms with Crippen LogP contribution in [0, 0.1) is 5.92 Å². The minimum absolute atomic E-state index is 0.110. The molecule has 5 rings (SSSR count). The highest BCUT2D eigenvalue weighted by atomic mass is 35.5. The van der Waals surface area contributed by atoms with Crippen molar-refractivity contribution in [1.29, 1.82) is 0 Å². The Morgan fingerprint density at radius 3 is 2.35 bits per heavy atom. The molecule has 1 saturated heterocycles. The molecule has 1 N–H and O–H groups in total. The Labute approximate surface area is 206 Å². The first-order valence-electron chi connectivity index (χ1n) is 12.5. The number of likely N-dealkylation sites (tertiary alicyclic amines) is 1. The van der Waals surface area contributed by atoms with Crippen LogP contribution in [0.1, 0.15) is 64.8 Å². The lowest BCUT2D eigenvalue weighted by molar-refractivity contribution is 0.0392. The molecule has 5 heteroatoms. The zero-order chi connectivity index (χ0) is 23.5. The van der Waals surface area contributed by atoms with Crippen LogP contribution < -0.4 is 5.32 Å². The van der Waals surface area contributed by atoms with Gasteiger partial charge in [-0.25, -0.2) is 0 Å². The highest BCUT2D eigenvalue weighted by Crippen LogP contribution is 2.36. The van der Waals surface area contributed by atoms with Gasteiger partial charge < -0.3 is 10.2 Å². The summed E-state index contributed by atoms with van der Waals surface area (Å²) in [5.41, 5.74) is 2.31. The minimum atomic E-state index is -0.132. The molecule has 176 valence electrons. The van der Waals surface area contributed by atoms with Gasteiger partial charge in [0.25, 0.3) is 11.8 Å². The SMILES string of the molecule is O=C(NCCc1ccccc1Cl)c1ccc(C(=O)N2CCC[C@@H]3CCCC[C@@H]32)c2ccccc12. The molecule has 2 fully saturated rings. The molecule has 2 aliphatic rings. The number of hydrogen-bond acceptors (Lipinski definition) is 2. The van der Waals surface area contributed by atoms with E-state index in [2.05, 4.69) is 10.2 Å². The summed E-state index contributed by atoms with van der Waals surface area (Å²) in [5, 5.41) is 5.41. The number of carbonyl (C=O) groups is 2. The average molecular weight is 475 g/mol. The first-order valence-corrected chi connectivity index (χ1v) is 12.9. The molecule has 3 aromatic rings. The molecular formula is C29H31ClN2O2. The van der Waals surface area contributed by atoms with Crippen LogP contribution >= 0.6 is 11.6 Å². The van der Waals surface area contributed by atoms with Gasteiger partial charge in [-0.2, -0.15) is 0 Å². The van der Waals surface area contributed by atoms with Crippen molar-refractivity contribution in [3.05, 3.63) is 82.4 Å². The van der Waals surface area contributed by atoms with E-state index < -0.39 is 0 Å². The maximum Gasteiger partial charge on any atom is 0.254 e. The van der Waals surface area contributed by atoms with Crippen molar-refractivity contribution >= 4 is 34.2 Å². The second-order valence-corrected chi connectivity index (χ2v) is 9.96. The summed E-state index contributed by atoms with van der Waals surface area (Å²) >= 11 is 6.24. The largest absolute Gasteiger partial charge is 0.352 e. The topological polar surface area (TPSA) is 49.4 Å². The predicted molar refractivity (Wildman–Crippen MR) is 137 cm³/mol. The number of benzene rings is 3. The van der Waals surface area contributed by atoms with Crippen molar-refractivity contribution in [2.75, 3.05) is 13.1 Å². The average Bonchev–Trinajstić information content (AvgIpc) is 2.88. The smallest absolute Gasteiger partial charge is 0.254 e. The van der Waals surface area contributed by atoms with E-state index in [1.54, 1.807) is 0 Å². The van der Waals surface area contributed by atoms with Gasteiger partial charge in [-0.3, -0.25) is 9.59 Å². The monoisotopic (exact) mass is 474 g/mol. The van der Waals surface area contributed by atoms with E-state index in [9.17, 15) is 9.59 Å². The fourth-order valence-electron chi connectivity index (χ4n) is 5.82. The number of fused-ring (bicyclic) bond motifs is 2. The van der Waals surface area contributed by atoms with Gasteiger partial charge in [0.15, 0.2) is 0 Å². The van der Waals surface area contributed by atoms with E-state index in [0.29, 0.717) is 41.1 Å². The van der Waals surface area contributed by atoms with Gasteiger partial charge in [-0.15, -0.1) is 0 Å². The highest BCUT2D eigenvalue weighted by molar-refractivity contribution is 6.31. The lowest BCUT2D eigenvalue weighted by Crippen LogP contribution is -2.49. The van der Waals surface area contributed by atoms with Crippen LogP contribution in [0.3, 0.4) is 0 Å². The Kier molecular flexibility index (Phi) is 6.87. The van der Waals surface area contributed by atoms with Crippen molar-refractivity contribution in [1.82, 2.24) is 10.2 Å². The molecule has 1 aliphatic heterocycles. The summed E-state index contributed by atoms with van der Waals surface area (Å²) in [4.78, 5) is 28.9. The first kappa shape index (κ1) is 22.9. The molecule has 0 radical (unpaired) electrons. The second-order valence-electron chi connectivity index (χ2n) is 9.56. The second kappa shape index (κ2) is 10.2. The molecule has 0 unspecified atom stereocenters. The number of rotatable bonds is 5. The van der Waals surface area contributed by atoms with Gasteiger partial charge in [0, 0.05) is 35.3 Å². The lowest BCUT2D eigenvalue weighted by atomic mass is 9.78. The number of nitrogens with one attached hydrogen (secondary N) is 1. The molecular weight excluding hydrogens is 444 g/mol. The Morgan fingerprint density at radius 2 is 1.53 bits per heavy atom. The van der Waals surface area contributed by atoms with E-state index in [1.807, 2.05) is 60.7 Å². The quantitative estimate of drug-likeness (QED) is 0.474. The van der Waals surface area contributed by atoms with Gasteiger partial charge in [-0.1, -0.05) is 66.9 Å².